The van der Waals surface area contributed by atoms with Crippen LogP contribution >= 0.6 is 11.3 Å². The van der Waals surface area contributed by atoms with E-state index in [1.807, 2.05) is 0 Å². The number of aryl methyl sites for hydroxylation is 1. The van der Waals surface area contributed by atoms with Gasteiger partial charge in [0.05, 0.1) is 5.69 Å². The maximum Gasteiger partial charge on any atom is 0.156 e. The topological polar surface area (TPSA) is 59.1 Å². The molecule has 0 saturated carbocycles. The predicted molar refractivity (Wildman–Crippen MR) is 81.3 cm³/mol. The predicted octanol–water partition coefficient (Wildman–Crippen LogP) is 2.70. The maximum absolute atomic E-state index is 11.6. The molecule has 1 N–H and O–H groups in total. The summed E-state index contributed by atoms with van der Waals surface area (Å²) in [6.07, 6.45) is 3.19. The van der Waals surface area contributed by atoms with Crippen LogP contribution < -0.4 is 5.32 Å². The fourth-order valence-electron chi connectivity index (χ4n) is 1.63. The Hall–Kier alpha value is -0.460. The second kappa shape index (κ2) is 6.81. The van der Waals surface area contributed by atoms with Crippen LogP contribution in [0.1, 0.15) is 54.9 Å². The van der Waals surface area contributed by atoms with Gasteiger partial charge in [-0.15, -0.1) is 11.3 Å². The van der Waals surface area contributed by atoms with E-state index in [1.165, 1.54) is 22.5 Å². The van der Waals surface area contributed by atoms with Crippen molar-refractivity contribution < 1.29 is 8.42 Å². The molecule has 0 saturated heterocycles. The second-order valence-corrected chi connectivity index (χ2v) is 8.66. The van der Waals surface area contributed by atoms with Crippen LogP contribution in [0.5, 0.6) is 0 Å². The first kappa shape index (κ1) is 16.6. The van der Waals surface area contributed by atoms with E-state index in [1.54, 1.807) is 6.92 Å². The van der Waals surface area contributed by atoms with Gasteiger partial charge in [0, 0.05) is 23.7 Å². The van der Waals surface area contributed by atoms with Crippen molar-refractivity contribution >= 4 is 21.2 Å². The third-order valence-electron chi connectivity index (χ3n) is 2.94. The normalized spacial score (nSPS) is 14.0. The second-order valence-electron chi connectivity index (χ2n) is 5.18. The molecule has 0 amide bonds. The molecule has 1 unspecified atom stereocenters. The Labute approximate surface area is 120 Å². The largest absolute Gasteiger partial charge is 0.310 e. The molecule has 0 bridgehead atoms. The SMILES string of the molecule is CCCc1nc(C(C)S(C)(=O)=O)sc1CNC(C)C. The van der Waals surface area contributed by atoms with Gasteiger partial charge in [0.15, 0.2) is 9.84 Å². The van der Waals surface area contributed by atoms with Gasteiger partial charge in [0.1, 0.15) is 10.3 Å². The lowest BCUT2D eigenvalue weighted by Crippen LogP contribution is -2.21. The number of hydrogen-bond acceptors (Lipinski definition) is 5. The van der Waals surface area contributed by atoms with E-state index in [4.69, 9.17) is 0 Å². The summed E-state index contributed by atoms with van der Waals surface area (Å²) in [7, 11) is -3.08. The molecule has 1 aromatic rings. The molecule has 0 aromatic carbocycles. The van der Waals surface area contributed by atoms with E-state index in [9.17, 15) is 8.42 Å². The quantitative estimate of drug-likeness (QED) is 0.841. The highest BCUT2D eigenvalue weighted by Gasteiger charge is 2.22. The van der Waals surface area contributed by atoms with Crippen LogP contribution in [0.4, 0.5) is 0 Å². The number of nitrogens with zero attached hydrogens (tertiary/aromatic N) is 1. The molecular weight excluding hydrogens is 280 g/mol. The minimum atomic E-state index is -3.08. The first-order valence-corrected chi connectivity index (χ1v) is 9.43. The minimum Gasteiger partial charge on any atom is -0.310 e. The molecule has 0 aliphatic heterocycles. The van der Waals surface area contributed by atoms with Crippen LogP contribution in [0.15, 0.2) is 0 Å². The number of nitrogens with one attached hydrogen (secondary N) is 1. The first-order valence-electron chi connectivity index (χ1n) is 6.66. The Morgan fingerprint density at radius 3 is 2.42 bits per heavy atom. The van der Waals surface area contributed by atoms with Crippen LogP contribution in [0.25, 0.3) is 0 Å². The third-order valence-corrected chi connectivity index (χ3v) is 5.88. The third kappa shape index (κ3) is 4.85. The molecule has 1 aromatic heterocycles. The minimum absolute atomic E-state index is 0.410. The Morgan fingerprint density at radius 1 is 1.32 bits per heavy atom. The molecule has 19 heavy (non-hydrogen) atoms. The lowest BCUT2D eigenvalue weighted by Gasteiger charge is -2.07. The molecule has 0 spiro atoms. The number of thiazole rings is 1. The summed E-state index contributed by atoms with van der Waals surface area (Å²) in [5.74, 6) is 0. The molecule has 110 valence electrons. The Balaban J connectivity index is 2.99. The molecule has 0 radical (unpaired) electrons. The molecule has 1 atom stereocenters. The van der Waals surface area contributed by atoms with Gasteiger partial charge in [-0.25, -0.2) is 13.4 Å². The van der Waals surface area contributed by atoms with Crippen LogP contribution in [0.2, 0.25) is 0 Å². The van der Waals surface area contributed by atoms with E-state index < -0.39 is 15.1 Å². The Kier molecular flexibility index (Phi) is 5.95. The van der Waals surface area contributed by atoms with Crippen LogP contribution in [0, 0.1) is 0 Å². The zero-order valence-electron chi connectivity index (χ0n) is 12.4. The zero-order chi connectivity index (χ0) is 14.6. The van der Waals surface area contributed by atoms with Crippen molar-refractivity contribution in [3.8, 4) is 0 Å². The van der Waals surface area contributed by atoms with Gasteiger partial charge in [-0.05, 0) is 13.3 Å². The van der Waals surface area contributed by atoms with E-state index in [0.717, 1.165) is 25.1 Å². The molecule has 6 heteroatoms. The average Bonchev–Trinajstić information content (AvgIpc) is 2.68. The summed E-state index contributed by atoms with van der Waals surface area (Å²) in [6.45, 7) is 8.78. The van der Waals surface area contributed by atoms with Crippen LogP contribution in [-0.2, 0) is 22.8 Å². The Bertz CT molecular complexity index is 507. The summed E-state index contributed by atoms with van der Waals surface area (Å²) in [4.78, 5) is 5.71. The summed E-state index contributed by atoms with van der Waals surface area (Å²) >= 11 is 1.52. The molecule has 0 aliphatic rings. The van der Waals surface area contributed by atoms with Crippen molar-refractivity contribution in [2.24, 2.45) is 0 Å². The number of aromatic nitrogens is 1. The van der Waals surface area contributed by atoms with Crippen molar-refractivity contribution in [1.29, 1.82) is 0 Å². The Morgan fingerprint density at radius 2 is 1.95 bits per heavy atom. The lowest BCUT2D eigenvalue weighted by atomic mass is 10.2. The molecular formula is C13H24N2O2S2. The van der Waals surface area contributed by atoms with Crippen molar-refractivity contribution in [1.82, 2.24) is 10.3 Å². The van der Waals surface area contributed by atoms with E-state index in [2.05, 4.69) is 31.1 Å². The van der Waals surface area contributed by atoms with Gasteiger partial charge in [-0.1, -0.05) is 27.2 Å². The maximum atomic E-state index is 11.6. The first-order chi connectivity index (χ1) is 8.75. The van der Waals surface area contributed by atoms with Crippen molar-refractivity contribution in [2.75, 3.05) is 6.26 Å². The van der Waals surface area contributed by atoms with Gasteiger partial charge in [-0.3, -0.25) is 0 Å². The highest BCUT2D eigenvalue weighted by molar-refractivity contribution is 7.91. The van der Waals surface area contributed by atoms with E-state index >= 15 is 0 Å². The summed E-state index contributed by atoms with van der Waals surface area (Å²) in [6, 6.07) is 0.410. The molecule has 0 aliphatic carbocycles. The van der Waals surface area contributed by atoms with E-state index in [-0.39, 0.29) is 0 Å². The highest BCUT2D eigenvalue weighted by Crippen LogP contribution is 2.29. The van der Waals surface area contributed by atoms with Crippen molar-refractivity contribution in [3.05, 3.63) is 15.6 Å². The van der Waals surface area contributed by atoms with Crippen LogP contribution in [0.3, 0.4) is 0 Å². The van der Waals surface area contributed by atoms with Crippen LogP contribution in [-0.4, -0.2) is 25.7 Å². The summed E-state index contributed by atoms with van der Waals surface area (Å²) in [5, 5.41) is 3.57. The number of hydrogen-bond donors (Lipinski definition) is 1. The fourth-order valence-corrected chi connectivity index (χ4v) is 3.71. The number of rotatable bonds is 7. The van der Waals surface area contributed by atoms with Gasteiger partial charge in [-0.2, -0.15) is 0 Å². The smallest absolute Gasteiger partial charge is 0.156 e. The lowest BCUT2D eigenvalue weighted by molar-refractivity contribution is 0.589. The fraction of sp³-hybridized carbons (Fsp3) is 0.769. The van der Waals surface area contributed by atoms with Gasteiger partial charge in [0.25, 0.3) is 0 Å². The summed E-state index contributed by atoms with van der Waals surface area (Å²) < 4.78 is 23.3. The number of sulfone groups is 1. The van der Waals surface area contributed by atoms with Gasteiger partial charge >= 0.3 is 0 Å². The van der Waals surface area contributed by atoms with Crippen molar-refractivity contribution in [2.45, 2.75) is 58.4 Å². The molecule has 4 nitrogen and oxygen atoms in total. The molecule has 1 heterocycles. The molecule has 0 fully saturated rings. The highest BCUT2D eigenvalue weighted by atomic mass is 32.2. The summed E-state index contributed by atoms with van der Waals surface area (Å²) in [5.41, 5.74) is 1.05. The van der Waals surface area contributed by atoms with Gasteiger partial charge in [0.2, 0.25) is 0 Å². The van der Waals surface area contributed by atoms with Gasteiger partial charge < -0.3 is 5.32 Å². The van der Waals surface area contributed by atoms with Crippen molar-refractivity contribution in [3.63, 3.8) is 0 Å². The zero-order valence-corrected chi connectivity index (χ0v) is 14.0. The van der Waals surface area contributed by atoms with E-state index in [0.29, 0.717) is 11.0 Å². The monoisotopic (exact) mass is 304 g/mol. The standard InChI is InChI=1S/C13H24N2O2S2/c1-6-7-11-12(8-14-9(2)3)18-13(15-11)10(4)19(5,16)17/h9-10,14H,6-8H2,1-5H3. The average molecular weight is 304 g/mol. The molecule has 1 rings (SSSR count).